The number of rotatable bonds is 1. The highest BCUT2D eigenvalue weighted by Crippen LogP contribution is 2.27. The second-order valence-electron chi connectivity index (χ2n) is 4.01. The Balaban J connectivity index is 2.12. The highest BCUT2D eigenvalue weighted by molar-refractivity contribution is 5.41. The topological polar surface area (TPSA) is 12.5 Å². The van der Waals surface area contributed by atoms with Crippen LogP contribution >= 0.6 is 0 Å². The zero-order valence-corrected chi connectivity index (χ0v) is 9.36. The third kappa shape index (κ3) is 2.39. The van der Waals surface area contributed by atoms with Gasteiger partial charge >= 0.3 is 0 Å². The van der Waals surface area contributed by atoms with Crippen LogP contribution in [0.5, 0.6) is 0 Å². The maximum absolute atomic E-state index is 5.69. The van der Waals surface area contributed by atoms with Gasteiger partial charge in [0.15, 0.2) is 0 Å². The lowest BCUT2D eigenvalue weighted by Gasteiger charge is -2.29. The Morgan fingerprint density at radius 2 is 2.27 bits per heavy atom. The second-order valence-corrected chi connectivity index (χ2v) is 4.01. The normalized spacial score (nSPS) is 24.8. The standard InChI is InChI=1S/C13H17NO/c1-3-4-5-11-6-7-12-9-14(2)10-15-13(12)8-11/h3-7H,8-10H2,1-2H3/b4-3-,11-5-. The van der Waals surface area contributed by atoms with Crippen LogP contribution < -0.4 is 0 Å². The maximum atomic E-state index is 5.69. The molecule has 0 radical (unpaired) electrons. The molecule has 0 saturated heterocycles. The fourth-order valence-corrected chi connectivity index (χ4v) is 1.80. The molecule has 2 nitrogen and oxygen atoms in total. The lowest BCUT2D eigenvalue weighted by molar-refractivity contribution is 0.0729. The molecule has 1 aliphatic carbocycles. The first-order valence-electron chi connectivity index (χ1n) is 5.33. The van der Waals surface area contributed by atoms with Crippen molar-refractivity contribution < 1.29 is 4.74 Å². The number of hydrogen-bond acceptors (Lipinski definition) is 2. The van der Waals surface area contributed by atoms with Gasteiger partial charge in [0.25, 0.3) is 0 Å². The van der Waals surface area contributed by atoms with Gasteiger partial charge < -0.3 is 4.74 Å². The summed E-state index contributed by atoms with van der Waals surface area (Å²) in [6, 6.07) is 0. The van der Waals surface area contributed by atoms with Crippen molar-refractivity contribution in [3.05, 3.63) is 47.3 Å². The fraction of sp³-hybridized carbons (Fsp3) is 0.385. The van der Waals surface area contributed by atoms with Gasteiger partial charge in [0.05, 0.1) is 0 Å². The summed E-state index contributed by atoms with van der Waals surface area (Å²) in [6.45, 7) is 3.74. The summed E-state index contributed by atoms with van der Waals surface area (Å²) in [5, 5.41) is 0. The van der Waals surface area contributed by atoms with E-state index in [9.17, 15) is 0 Å². The van der Waals surface area contributed by atoms with Crippen LogP contribution in [0, 0.1) is 0 Å². The van der Waals surface area contributed by atoms with E-state index in [4.69, 9.17) is 4.74 Å². The SMILES string of the molecule is C/C=C\C=C1\C=CC2=C(C1)OCN(C)C2. The molecule has 0 aromatic carbocycles. The summed E-state index contributed by atoms with van der Waals surface area (Å²) in [6.07, 6.45) is 11.5. The molecule has 0 N–H and O–H groups in total. The van der Waals surface area contributed by atoms with E-state index in [0.29, 0.717) is 6.73 Å². The van der Waals surface area contributed by atoms with E-state index in [-0.39, 0.29) is 0 Å². The average Bonchev–Trinajstić information content (AvgIpc) is 2.26. The Morgan fingerprint density at radius 1 is 1.40 bits per heavy atom. The molecular formula is C13H17NO. The van der Waals surface area contributed by atoms with Gasteiger partial charge in [0.1, 0.15) is 12.5 Å². The number of nitrogens with zero attached hydrogens (tertiary/aromatic N) is 1. The van der Waals surface area contributed by atoms with Crippen LogP contribution in [0.2, 0.25) is 0 Å². The fourth-order valence-electron chi connectivity index (χ4n) is 1.80. The Morgan fingerprint density at radius 3 is 3.07 bits per heavy atom. The van der Waals surface area contributed by atoms with E-state index in [0.717, 1.165) is 18.7 Å². The van der Waals surface area contributed by atoms with Gasteiger partial charge in [-0.1, -0.05) is 30.4 Å². The van der Waals surface area contributed by atoms with Gasteiger partial charge in [-0.2, -0.15) is 0 Å². The van der Waals surface area contributed by atoms with E-state index in [2.05, 4.69) is 36.3 Å². The zero-order chi connectivity index (χ0) is 10.7. The summed E-state index contributed by atoms with van der Waals surface area (Å²) in [5.74, 6) is 1.14. The molecule has 80 valence electrons. The molecule has 1 aliphatic heterocycles. The largest absolute Gasteiger partial charge is 0.482 e. The Hall–Kier alpha value is -1.28. The van der Waals surface area contributed by atoms with Crippen molar-refractivity contribution in [1.82, 2.24) is 4.90 Å². The summed E-state index contributed by atoms with van der Waals surface area (Å²) in [7, 11) is 2.07. The van der Waals surface area contributed by atoms with Crippen LogP contribution in [0.3, 0.4) is 0 Å². The summed E-state index contributed by atoms with van der Waals surface area (Å²) in [4.78, 5) is 2.17. The van der Waals surface area contributed by atoms with Gasteiger partial charge in [-0.05, 0) is 19.5 Å². The molecule has 0 bridgehead atoms. The van der Waals surface area contributed by atoms with Gasteiger partial charge in [-0.15, -0.1) is 0 Å². The number of hydrogen-bond donors (Lipinski definition) is 0. The third-order valence-electron chi connectivity index (χ3n) is 2.62. The number of allylic oxidation sites excluding steroid dienone is 5. The summed E-state index contributed by atoms with van der Waals surface area (Å²) >= 11 is 0. The summed E-state index contributed by atoms with van der Waals surface area (Å²) in [5.41, 5.74) is 2.64. The van der Waals surface area contributed by atoms with Crippen LogP contribution in [0.25, 0.3) is 0 Å². The predicted octanol–water partition coefficient (Wildman–Crippen LogP) is 2.62. The van der Waals surface area contributed by atoms with Gasteiger partial charge in [0.2, 0.25) is 0 Å². The first kappa shape index (κ1) is 10.2. The van der Waals surface area contributed by atoms with E-state index in [1.54, 1.807) is 0 Å². The quantitative estimate of drug-likeness (QED) is 0.649. The molecule has 2 rings (SSSR count). The van der Waals surface area contributed by atoms with Crippen molar-refractivity contribution in [2.24, 2.45) is 0 Å². The molecule has 0 aromatic heterocycles. The van der Waals surface area contributed by atoms with Crippen LogP contribution in [0.4, 0.5) is 0 Å². The molecule has 0 spiro atoms. The zero-order valence-electron chi connectivity index (χ0n) is 9.36. The molecule has 1 heterocycles. The molecule has 0 saturated carbocycles. The highest BCUT2D eigenvalue weighted by atomic mass is 16.5. The van der Waals surface area contributed by atoms with Crippen LogP contribution in [-0.2, 0) is 4.74 Å². The van der Waals surface area contributed by atoms with Crippen molar-refractivity contribution in [3.63, 3.8) is 0 Å². The van der Waals surface area contributed by atoms with Crippen LogP contribution in [0.15, 0.2) is 47.3 Å². The smallest absolute Gasteiger partial charge is 0.141 e. The van der Waals surface area contributed by atoms with Gasteiger partial charge in [-0.3, -0.25) is 4.90 Å². The minimum Gasteiger partial charge on any atom is -0.482 e. The van der Waals surface area contributed by atoms with E-state index in [1.807, 2.05) is 13.0 Å². The highest BCUT2D eigenvalue weighted by Gasteiger charge is 2.18. The first-order chi connectivity index (χ1) is 7.29. The average molecular weight is 203 g/mol. The Bertz CT molecular complexity index is 361. The lowest BCUT2D eigenvalue weighted by Crippen LogP contribution is -2.30. The minimum atomic E-state index is 0.712. The van der Waals surface area contributed by atoms with E-state index >= 15 is 0 Å². The Kier molecular flexibility index (Phi) is 3.07. The molecular weight excluding hydrogens is 186 g/mol. The van der Waals surface area contributed by atoms with E-state index < -0.39 is 0 Å². The second kappa shape index (κ2) is 4.49. The predicted molar refractivity (Wildman–Crippen MR) is 62.3 cm³/mol. The third-order valence-corrected chi connectivity index (χ3v) is 2.62. The van der Waals surface area contributed by atoms with Crippen LogP contribution in [-0.4, -0.2) is 25.2 Å². The molecule has 0 atom stereocenters. The van der Waals surface area contributed by atoms with Crippen molar-refractivity contribution in [3.8, 4) is 0 Å². The van der Waals surface area contributed by atoms with Gasteiger partial charge in [0, 0.05) is 18.5 Å². The molecule has 0 amide bonds. The molecule has 0 aromatic rings. The maximum Gasteiger partial charge on any atom is 0.141 e. The number of likely N-dealkylation sites (N-methyl/N-ethyl adjacent to an activating group) is 1. The molecule has 0 unspecified atom stereocenters. The van der Waals surface area contributed by atoms with Crippen molar-refractivity contribution in [2.75, 3.05) is 20.3 Å². The van der Waals surface area contributed by atoms with E-state index in [1.165, 1.54) is 11.1 Å². The Labute approximate surface area is 91.2 Å². The molecule has 15 heavy (non-hydrogen) atoms. The first-order valence-corrected chi connectivity index (χ1v) is 5.33. The van der Waals surface area contributed by atoms with Crippen molar-refractivity contribution >= 4 is 0 Å². The van der Waals surface area contributed by atoms with Crippen molar-refractivity contribution in [2.45, 2.75) is 13.3 Å². The van der Waals surface area contributed by atoms with Crippen molar-refractivity contribution in [1.29, 1.82) is 0 Å². The monoisotopic (exact) mass is 203 g/mol. The van der Waals surface area contributed by atoms with Crippen LogP contribution in [0.1, 0.15) is 13.3 Å². The minimum absolute atomic E-state index is 0.712. The molecule has 2 aliphatic rings. The lowest BCUT2D eigenvalue weighted by atomic mass is 9.99. The molecule has 0 fully saturated rings. The van der Waals surface area contributed by atoms with Gasteiger partial charge in [-0.25, -0.2) is 0 Å². The summed E-state index contributed by atoms with van der Waals surface area (Å²) < 4.78 is 5.69. The number of ether oxygens (including phenoxy) is 1. The molecule has 2 heteroatoms.